The van der Waals surface area contributed by atoms with Gasteiger partial charge in [0.1, 0.15) is 5.76 Å². The SMILES string of the molecule is CN=C(NCc1nc(C)c(C)o1)NCC1(OC)CCOCC1.I. The van der Waals surface area contributed by atoms with Gasteiger partial charge in [0, 0.05) is 46.8 Å². The van der Waals surface area contributed by atoms with Gasteiger partial charge in [-0.05, 0) is 13.8 Å². The minimum atomic E-state index is -0.189. The summed E-state index contributed by atoms with van der Waals surface area (Å²) in [4.78, 5) is 8.56. The van der Waals surface area contributed by atoms with Gasteiger partial charge >= 0.3 is 0 Å². The zero-order chi connectivity index (χ0) is 16.0. The summed E-state index contributed by atoms with van der Waals surface area (Å²) < 4.78 is 16.7. The molecule has 0 aliphatic carbocycles. The van der Waals surface area contributed by atoms with Crippen molar-refractivity contribution in [3.8, 4) is 0 Å². The van der Waals surface area contributed by atoms with E-state index in [1.54, 1.807) is 14.2 Å². The lowest BCUT2D eigenvalue weighted by Gasteiger charge is -2.36. The van der Waals surface area contributed by atoms with Crippen LogP contribution < -0.4 is 10.6 Å². The number of guanidine groups is 1. The van der Waals surface area contributed by atoms with Gasteiger partial charge in [0.05, 0.1) is 17.8 Å². The van der Waals surface area contributed by atoms with Crippen LogP contribution in [-0.2, 0) is 16.0 Å². The number of aromatic nitrogens is 1. The fourth-order valence-electron chi connectivity index (χ4n) is 2.44. The molecule has 1 saturated heterocycles. The molecule has 1 aliphatic heterocycles. The third-order valence-electron chi connectivity index (χ3n) is 4.12. The molecule has 0 saturated carbocycles. The summed E-state index contributed by atoms with van der Waals surface area (Å²) in [6.45, 7) is 6.50. The molecule has 0 radical (unpaired) electrons. The van der Waals surface area contributed by atoms with Crippen molar-refractivity contribution in [2.24, 2.45) is 4.99 Å². The van der Waals surface area contributed by atoms with E-state index >= 15 is 0 Å². The van der Waals surface area contributed by atoms with Gasteiger partial charge in [-0.25, -0.2) is 4.98 Å². The molecule has 1 aromatic rings. The highest BCUT2D eigenvalue weighted by Crippen LogP contribution is 2.23. The lowest BCUT2D eigenvalue weighted by molar-refractivity contribution is -0.0855. The molecule has 7 nitrogen and oxygen atoms in total. The first kappa shape index (κ1) is 20.2. The van der Waals surface area contributed by atoms with Crippen molar-refractivity contribution < 1.29 is 13.9 Å². The highest BCUT2D eigenvalue weighted by atomic mass is 127. The number of rotatable bonds is 5. The van der Waals surface area contributed by atoms with Crippen LogP contribution in [0.25, 0.3) is 0 Å². The van der Waals surface area contributed by atoms with Crippen molar-refractivity contribution in [3.63, 3.8) is 0 Å². The number of methoxy groups -OCH3 is 1. The van der Waals surface area contributed by atoms with Crippen LogP contribution in [0.2, 0.25) is 0 Å². The third kappa shape index (κ3) is 5.61. The van der Waals surface area contributed by atoms with Crippen molar-refractivity contribution >= 4 is 29.9 Å². The maximum atomic E-state index is 5.70. The molecule has 23 heavy (non-hydrogen) atoms. The molecule has 2 heterocycles. The molecule has 0 spiro atoms. The Morgan fingerprint density at radius 1 is 1.30 bits per heavy atom. The maximum Gasteiger partial charge on any atom is 0.214 e. The van der Waals surface area contributed by atoms with E-state index in [2.05, 4.69) is 20.6 Å². The number of aryl methyl sites for hydroxylation is 2. The minimum absolute atomic E-state index is 0. The molecule has 0 atom stereocenters. The maximum absolute atomic E-state index is 5.70. The fraction of sp³-hybridized carbons (Fsp3) is 0.733. The van der Waals surface area contributed by atoms with Crippen LogP contribution in [-0.4, -0.2) is 50.5 Å². The van der Waals surface area contributed by atoms with Crippen LogP contribution >= 0.6 is 24.0 Å². The first-order valence-electron chi connectivity index (χ1n) is 7.59. The van der Waals surface area contributed by atoms with E-state index in [1.165, 1.54) is 0 Å². The average Bonchev–Trinajstić information content (AvgIpc) is 2.87. The second-order valence-electron chi connectivity index (χ2n) is 5.53. The van der Waals surface area contributed by atoms with E-state index < -0.39 is 0 Å². The molecule has 0 amide bonds. The summed E-state index contributed by atoms with van der Waals surface area (Å²) >= 11 is 0. The first-order valence-corrected chi connectivity index (χ1v) is 7.59. The van der Waals surface area contributed by atoms with Crippen molar-refractivity contribution in [1.82, 2.24) is 15.6 Å². The topological polar surface area (TPSA) is 80.9 Å². The summed E-state index contributed by atoms with van der Waals surface area (Å²) in [6.07, 6.45) is 1.76. The highest BCUT2D eigenvalue weighted by Gasteiger charge is 2.32. The molecule has 2 N–H and O–H groups in total. The number of hydrogen-bond acceptors (Lipinski definition) is 5. The molecule has 1 aliphatic rings. The molecule has 0 unspecified atom stereocenters. The molecule has 8 heteroatoms. The number of oxazole rings is 1. The zero-order valence-electron chi connectivity index (χ0n) is 14.3. The molecule has 0 bridgehead atoms. The Bertz CT molecular complexity index is 493. The molecule has 1 fully saturated rings. The van der Waals surface area contributed by atoms with Crippen molar-refractivity contribution in [2.75, 3.05) is 33.9 Å². The van der Waals surface area contributed by atoms with Gasteiger partial charge in [-0.15, -0.1) is 24.0 Å². The lowest BCUT2D eigenvalue weighted by Crippen LogP contribution is -2.50. The second kappa shape index (κ2) is 9.43. The van der Waals surface area contributed by atoms with Crippen LogP contribution in [0.1, 0.15) is 30.2 Å². The molecule has 132 valence electrons. The van der Waals surface area contributed by atoms with E-state index in [-0.39, 0.29) is 29.6 Å². The van der Waals surface area contributed by atoms with Gasteiger partial charge in [-0.1, -0.05) is 0 Å². The largest absolute Gasteiger partial charge is 0.444 e. The number of nitrogens with one attached hydrogen (secondary N) is 2. The van der Waals surface area contributed by atoms with Gasteiger partial charge in [0.25, 0.3) is 0 Å². The normalized spacial score (nSPS) is 17.5. The second-order valence-corrected chi connectivity index (χ2v) is 5.53. The summed E-state index contributed by atoms with van der Waals surface area (Å²) in [5.41, 5.74) is 0.728. The quantitative estimate of drug-likeness (QED) is 0.415. The molecule has 2 rings (SSSR count). The van der Waals surface area contributed by atoms with E-state index in [1.807, 2.05) is 13.8 Å². The van der Waals surface area contributed by atoms with Crippen LogP contribution in [0.5, 0.6) is 0 Å². The summed E-state index contributed by atoms with van der Waals surface area (Å²) in [5, 5.41) is 6.51. The summed E-state index contributed by atoms with van der Waals surface area (Å²) in [7, 11) is 3.49. The number of nitrogens with zero attached hydrogens (tertiary/aromatic N) is 2. The first-order chi connectivity index (χ1) is 10.6. The highest BCUT2D eigenvalue weighted by molar-refractivity contribution is 14.0. The van der Waals surface area contributed by atoms with Crippen LogP contribution in [0, 0.1) is 13.8 Å². The summed E-state index contributed by atoms with van der Waals surface area (Å²) in [6, 6.07) is 0. The van der Waals surface area contributed by atoms with Crippen LogP contribution in [0.4, 0.5) is 0 Å². The van der Waals surface area contributed by atoms with Gasteiger partial charge in [0.2, 0.25) is 5.89 Å². The third-order valence-corrected chi connectivity index (χ3v) is 4.12. The Labute approximate surface area is 154 Å². The van der Waals surface area contributed by atoms with Gasteiger partial charge < -0.3 is 24.5 Å². The van der Waals surface area contributed by atoms with Crippen molar-refractivity contribution in [3.05, 3.63) is 17.3 Å². The van der Waals surface area contributed by atoms with Crippen LogP contribution in [0.3, 0.4) is 0 Å². The van der Waals surface area contributed by atoms with Crippen molar-refractivity contribution in [2.45, 2.75) is 38.8 Å². The van der Waals surface area contributed by atoms with E-state index in [4.69, 9.17) is 13.9 Å². The predicted molar refractivity (Wildman–Crippen MR) is 99.4 cm³/mol. The Kier molecular flexibility index (Phi) is 8.27. The van der Waals surface area contributed by atoms with Gasteiger partial charge in [-0.3, -0.25) is 4.99 Å². The van der Waals surface area contributed by atoms with Crippen LogP contribution in [0.15, 0.2) is 9.41 Å². The number of halogens is 1. The number of aliphatic imine (C=N–C) groups is 1. The van der Waals surface area contributed by atoms with Gasteiger partial charge in [-0.2, -0.15) is 0 Å². The minimum Gasteiger partial charge on any atom is -0.444 e. The predicted octanol–water partition coefficient (Wildman–Crippen LogP) is 1.77. The fourth-order valence-corrected chi connectivity index (χ4v) is 2.44. The van der Waals surface area contributed by atoms with E-state index in [0.29, 0.717) is 24.9 Å². The molecular formula is C15H27IN4O3. The Morgan fingerprint density at radius 2 is 2.00 bits per heavy atom. The Balaban J connectivity index is 0.00000264. The van der Waals surface area contributed by atoms with E-state index in [9.17, 15) is 0 Å². The molecule has 0 aromatic carbocycles. The number of ether oxygens (including phenoxy) is 2. The Morgan fingerprint density at radius 3 is 2.52 bits per heavy atom. The standard InChI is InChI=1S/C15H26N4O3.HI/c1-11-12(2)22-13(19-11)9-17-14(16-3)18-10-15(20-4)5-7-21-8-6-15;/h5-10H2,1-4H3,(H2,16,17,18);1H. The number of hydrogen-bond donors (Lipinski definition) is 2. The van der Waals surface area contributed by atoms with Crippen molar-refractivity contribution in [1.29, 1.82) is 0 Å². The molecular weight excluding hydrogens is 411 g/mol. The average molecular weight is 438 g/mol. The zero-order valence-corrected chi connectivity index (χ0v) is 16.6. The lowest BCUT2D eigenvalue weighted by atomic mass is 9.94. The van der Waals surface area contributed by atoms with Gasteiger partial charge in [0.15, 0.2) is 5.96 Å². The molecule has 1 aromatic heterocycles. The Hall–Kier alpha value is -0.870. The van der Waals surface area contributed by atoms with E-state index in [0.717, 1.165) is 37.5 Å². The monoisotopic (exact) mass is 438 g/mol. The summed E-state index contributed by atoms with van der Waals surface area (Å²) in [5.74, 6) is 2.21. The smallest absolute Gasteiger partial charge is 0.214 e.